The van der Waals surface area contributed by atoms with Crippen LogP contribution >= 0.6 is 0 Å². The highest BCUT2D eigenvalue weighted by Crippen LogP contribution is 1.89. The topological polar surface area (TPSA) is 106 Å². The minimum Gasteiger partial charge on any atom is -0.480 e. The van der Waals surface area contributed by atoms with E-state index in [4.69, 9.17) is 10.8 Å². The van der Waals surface area contributed by atoms with Crippen LogP contribution in [0.1, 0.15) is 5.82 Å². The fourth-order valence-electron chi connectivity index (χ4n) is 0.907. The zero-order valence-electron chi connectivity index (χ0n) is 7.84. The third-order valence-corrected chi connectivity index (χ3v) is 1.77. The summed E-state index contributed by atoms with van der Waals surface area (Å²) in [4.78, 5) is 14.3. The van der Waals surface area contributed by atoms with Gasteiger partial charge in [0.2, 0.25) is 0 Å². The lowest BCUT2D eigenvalue weighted by Crippen LogP contribution is -2.40. The van der Waals surface area contributed by atoms with Crippen LogP contribution in [-0.2, 0) is 18.4 Å². The van der Waals surface area contributed by atoms with Crippen molar-refractivity contribution >= 4 is 5.97 Å². The largest absolute Gasteiger partial charge is 0.480 e. The Morgan fingerprint density at radius 3 is 3.07 bits per heavy atom. The minimum atomic E-state index is -1.02. The molecule has 0 fully saturated rings. The van der Waals surface area contributed by atoms with E-state index in [1.807, 2.05) is 0 Å². The van der Waals surface area contributed by atoms with Gasteiger partial charge in [-0.05, 0) is 0 Å². The maximum atomic E-state index is 10.4. The van der Waals surface area contributed by atoms with Crippen LogP contribution in [0.3, 0.4) is 0 Å². The Balaban J connectivity index is 2.29. The molecule has 1 aromatic rings. The highest BCUT2D eigenvalue weighted by Gasteiger charge is 2.10. The van der Waals surface area contributed by atoms with Gasteiger partial charge in [0.1, 0.15) is 18.2 Å². The van der Waals surface area contributed by atoms with Gasteiger partial charge >= 0.3 is 5.97 Å². The van der Waals surface area contributed by atoms with E-state index in [0.29, 0.717) is 6.54 Å². The fourth-order valence-corrected chi connectivity index (χ4v) is 0.907. The lowest BCUT2D eigenvalue weighted by molar-refractivity contribution is -0.138. The molecule has 1 heterocycles. The molecule has 1 atom stereocenters. The van der Waals surface area contributed by atoms with Crippen LogP contribution in [-0.4, -0.2) is 38.4 Å². The van der Waals surface area contributed by atoms with Gasteiger partial charge < -0.3 is 16.2 Å². The first-order chi connectivity index (χ1) is 6.61. The maximum absolute atomic E-state index is 10.4. The molecule has 7 heteroatoms. The number of carbonyl (C=O) groups is 1. The van der Waals surface area contributed by atoms with E-state index >= 15 is 0 Å². The molecular weight excluding hydrogens is 186 g/mol. The van der Waals surface area contributed by atoms with E-state index in [0.717, 1.165) is 5.82 Å². The zero-order chi connectivity index (χ0) is 10.6. The number of aryl methyl sites for hydroxylation is 1. The van der Waals surface area contributed by atoms with Crippen molar-refractivity contribution in [3.05, 3.63) is 12.2 Å². The van der Waals surface area contributed by atoms with Crippen LogP contribution in [0.4, 0.5) is 0 Å². The van der Waals surface area contributed by atoms with Crippen molar-refractivity contribution in [1.82, 2.24) is 20.1 Å². The first-order valence-corrected chi connectivity index (χ1v) is 4.13. The number of hydrogen-bond acceptors (Lipinski definition) is 5. The maximum Gasteiger partial charge on any atom is 0.321 e. The Kier molecular flexibility index (Phi) is 3.55. The molecule has 0 aromatic carbocycles. The molecule has 0 saturated carbocycles. The van der Waals surface area contributed by atoms with E-state index in [2.05, 4.69) is 15.4 Å². The zero-order valence-corrected chi connectivity index (χ0v) is 7.84. The number of nitrogens with two attached hydrogens (primary N) is 1. The Hall–Kier alpha value is -1.47. The highest BCUT2D eigenvalue weighted by molar-refractivity contribution is 5.73. The molecule has 0 bridgehead atoms. The molecule has 0 aliphatic carbocycles. The predicted molar refractivity (Wildman–Crippen MR) is 48.3 cm³/mol. The standard InChI is InChI=1S/C7H13N5O2/c1-12-6(10-4-11-12)3-9-2-5(8)7(13)14/h4-5,9H,2-3,8H2,1H3,(H,13,14). The normalized spacial score (nSPS) is 12.7. The van der Waals surface area contributed by atoms with Crippen molar-refractivity contribution in [1.29, 1.82) is 0 Å². The summed E-state index contributed by atoms with van der Waals surface area (Å²) in [5, 5.41) is 15.2. The molecule has 0 aliphatic heterocycles. The Bertz CT molecular complexity index is 311. The molecule has 1 rings (SSSR count). The second-order valence-electron chi connectivity index (χ2n) is 2.88. The van der Waals surface area contributed by atoms with Crippen molar-refractivity contribution in [2.24, 2.45) is 12.8 Å². The van der Waals surface area contributed by atoms with Gasteiger partial charge in [-0.1, -0.05) is 0 Å². The minimum absolute atomic E-state index is 0.211. The lowest BCUT2D eigenvalue weighted by Gasteiger charge is -2.07. The smallest absolute Gasteiger partial charge is 0.321 e. The molecule has 78 valence electrons. The number of hydrogen-bond donors (Lipinski definition) is 3. The highest BCUT2D eigenvalue weighted by atomic mass is 16.4. The summed E-state index contributed by atoms with van der Waals surface area (Å²) in [6.07, 6.45) is 1.44. The lowest BCUT2D eigenvalue weighted by atomic mass is 10.3. The third-order valence-electron chi connectivity index (χ3n) is 1.77. The van der Waals surface area contributed by atoms with Crippen LogP contribution in [0.5, 0.6) is 0 Å². The average molecular weight is 199 g/mol. The molecule has 0 spiro atoms. The fraction of sp³-hybridized carbons (Fsp3) is 0.571. The average Bonchev–Trinajstić information content (AvgIpc) is 2.51. The monoisotopic (exact) mass is 199 g/mol. The number of aromatic nitrogens is 3. The summed E-state index contributed by atoms with van der Waals surface area (Å²) < 4.78 is 1.61. The van der Waals surface area contributed by atoms with Gasteiger partial charge in [0, 0.05) is 13.6 Å². The van der Waals surface area contributed by atoms with Crippen molar-refractivity contribution < 1.29 is 9.90 Å². The molecule has 0 radical (unpaired) electrons. The van der Waals surface area contributed by atoms with Crippen molar-refractivity contribution in [2.45, 2.75) is 12.6 Å². The number of carboxylic acids is 1. The van der Waals surface area contributed by atoms with Gasteiger partial charge in [-0.2, -0.15) is 5.10 Å². The molecule has 0 aliphatic rings. The molecule has 4 N–H and O–H groups in total. The van der Waals surface area contributed by atoms with Gasteiger partial charge in [0.15, 0.2) is 0 Å². The van der Waals surface area contributed by atoms with Crippen LogP contribution < -0.4 is 11.1 Å². The quantitative estimate of drug-likeness (QED) is 0.523. The summed E-state index contributed by atoms with van der Waals surface area (Å²) >= 11 is 0. The van der Waals surface area contributed by atoms with E-state index in [1.165, 1.54) is 6.33 Å². The van der Waals surface area contributed by atoms with Gasteiger partial charge in [-0.25, -0.2) is 4.98 Å². The Morgan fingerprint density at radius 2 is 2.57 bits per heavy atom. The summed E-state index contributed by atoms with van der Waals surface area (Å²) in [7, 11) is 1.77. The Morgan fingerprint density at radius 1 is 1.86 bits per heavy atom. The second-order valence-corrected chi connectivity index (χ2v) is 2.88. The van der Waals surface area contributed by atoms with Crippen LogP contribution in [0, 0.1) is 0 Å². The number of aliphatic carboxylic acids is 1. The van der Waals surface area contributed by atoms with Crippen LogP contribution in [0.25, 0.3) is 0 Å². The van der Waals surface area contributed by atoms with Crippen LogP contribution in [0.2, 0.25) is 0 Å². The number of rotatable bonds is 5. The van der Waals surface area contributed by atoms with Gasteiger partial charge in [-0.3, -0.25) is 9.48 Å². The summed E-state index contributed by atoms with van der Waals surface area (Å²) in [6.45, 7) is 0.666. The summed E-state index contributed by atoms with van der Waals surface area (Å²) in [5.41, 5.74) is 5.29. The summed E-state index contributed by atoms with van der Waals surface area (Å²) in [6, 6.07) is -0.886. The molecular formula is C7H13N5O2. The number of nitrogens with one attached hydrogen (secondary N) is 1. The molecule has 1 unspecified atom stereocenters. The number of nitrogens with zero attached hydrogens (tertiary/aromatic N) is 3. The first kappa shape index (κ1) is 10.6. The first-order valence-electron chi connectivity index (χ1n) is 4.13. The third kappa shape index (κ3) is 2.79. The van der Waals surface area contributed by atoms with Crippen molar-refractivity contribution in [3.63, 3.8) is 0 Å². The van der Waals surface area contributed by atoms with Crippen molar-refractivity contribution in [2.75, 3.05) is 6.54 Å². The Labute approximate surface area is 80.9 Å². The van der Waals surface area contributed by atoms with Gasteiger partial charge in [0.25, 0.3) is 0 Å². The van der Waals surface area contributed by atoms with E-state index < -0.39 is 12.0 Å². The van der Waals surface area contributed by atoms with E-state index in [9.17, 15) is 4.79 Å². The SMILES string of the molecule is Cn1ncnc1CNCC(N)C(=O)O. The van der Waals surface area contributed by atoms with Crippen molar-refractivity contribution in [3.8, 4) is 0 Å². The van der Waals surface area contributed by atoms with Crippen LogP contribution in [0.15, 0.2) is 6.33 Å². The second kappa shape index (κ2) is 4.68. The van der Waals surface area contributed by atoms with E-state index in [-0.39, 0.29) is 6.54 Å². The molecule has 7 nitrogen and oxygen atoms in total. The molecule has 0 amide bonds. The van der Waals surface area contributed by atoms with Gasteiger partial charge in [-0.15, -0.1) is 0 Å². The molecule has 14 heavy (non-hydrogen) atoms. The van der Waals surface area contributed by atoms with E-state index in [1.54, 1.807) is 11.7 Å². The predicted octanol–water partition coefficient (Wildman–Crippen LogP) is -1.68. The molecule has 1 aromatic heterocycles. The van der Waals surface area contributed by atoms with Gasteiger partial charge in [0.05, 0.1) is 6.54 Å². The summed E-state index contributed by atoms with van der Waals surface area (Å²) in [5.74, 6) is -0.280. The number of carboxylic acid groups (broad SMARTS) is 1. The molecule has 0 saturated heterocycles.